The van der Waals surface area contributed by atoms with Crippen molar-refractivity contribution in [1.82, 2.24) is 14.5 Å². The summed E-state index contributed by atoms with van der Waals surface area (Å²) in [5.74, 6) is 0.111. The molecule has 0 spiro atoms. The molecular weight excluding hydrogens is 453 g/mol. The number of allylic oxidation sites excluding steroid dienone is 1. The molecule has 36 heavy (non-hydrogen) atoms. The molecular formula is C30H28FN3O2. The van der Waals surface area contributed by atoms with E-state index >= 15 is 0 Å². The van der Waals surface area contributed by atoms with Crippen molar-refractivity contribution in [2.75, 3.05) is 6.61 Å². The van der Waals surface area contributed by atoms with E-state index in [1.165, 1.54) is 18.2 Å². The van der Waals surface area contributed by atoms with E-state index in [2.05, 4.69) is 30.6 Å². The van der Waals surface area contributed by atoms with E-state index in [9.17, 15) is 9.18 Å². The maximum atomic E-state index is 14.4. The first kappa shape index (κ1) is 23.7. The molecule has 1 aliphatic rings. The normalized spacial score (nSPS) is 13.8. The first-order valence-electron chi connectivity index (χ1n) is 12.2. The fourth-order valence-corrected chi connectivity index (χ4v) is 4.96. The number of hydrogen-bond acceptors (Lipinski definition) is 4. The fourth-order valence-electron chi connectivity index (χ4n) is 4.96. The van der Waals surface area contributed by atoms with Crippen LogP contribution in [0.5, 0.6) is 0 Å². The highest BCUT2D eigenvalue weighted by atomic mass is 19.1. The van der Waals surface area contributed by atoms with Gasteiger partial charge < -0.3 is 4.74 Å². The quantitative estimate of drug-likeness (QED) is 0.243. The van der Waals surface area contributed by atoms with Gasteiger partial charge in [0.2, 0.25) is 0 Å². The lowest BCUT2D eigenvalue weighted by Gasteiger charge is -2.15. The monoisotopic (exact) mass is 481 g/mol. The Bertz CT molecular complexity index is 1590. The van der Waals surface area contributed by atoms with Crippen molar-refractivity contribution in [2.24, 2.45) is 0 Å². The molecule has 0 bridgehead atoms. The van der Waals surface area contributed by atoms with Gasteiger partial charge in [0.05, 0.1) is 6.61 Å². The Labute approximate surface area is 210 Å². The predicted octanol–water partition coefficient (Wildman–Crippen LogP) is 6.61. The summed E-state index contributed by atoms with van der Waals surface area (Å²) in [5.41, 5.74) is 9.58. The van der Waals surface area contributed by atoms with Crippen LogP contribution in [0, 0.1) is 19.7 Å². The van der Waals surface area contributed by atoms with Crippen LogP contribution in [0.2, 0.25) is 0 Å². The third-order valence-electron chi connectivity index (χ3n) is 6.52. The molecule has 0 unspecified atom stereocenters. The van der Waals surface area contributed by atoms with Crippen LogP contribution in [-0.4, -0.2) is 27.1 Å². The average Bonchev–Trinajstić information content (AvgIpc) is 3.16. The molecule has 4 aromatic rings. The predicted molar refractivity (Wildman–Crippen MR) is 141 cm³/mol. The molecule has 2 heterocycles. The second-order valence-electron chi connectivity index (χ2n) is 9.07. The molecule has 1 aliphatic carbocycles. The third kappa shape index (κ3) is 4.02. The van der Waals surface area contributed by atoms with Crippen molar-refractivity contribution in [1.29, 1.82) is 0 Å². The molecule has 0 fully saturated rings. The number of pyridine rings is 1. The lowest BCUT2D eigenvalue weighted by molar-refractivity contribution is -0.137. The number of fused-ring (bicyclic) bond motifs is 3. The first-order valence-corrected chi connectivity index (χ1v) is 12.2. The number of benzene rings is 2. The maximum Gasteiger partial charge on any atom is 0.331 e. The molecule has 5 rings (SSSR count). The molecule has 182 valence electrons. The van der Waals surface area contributed by atoms with Gasteiger partial charge in [-0.25, -0.2) is 19.2 Å². The minimum atomic E-state index is -0.457. The van der Waals surface area contributed by atoms with E-state index in [4.69, 9.17) is 14.7 Å². The van der Waals surface area contributed by atoms with E-state index in [1.807, 2.05) is 32.0 Å². The van der Waals surface area contributed by atoms with Gasteiger partial charge in [-0.2, -0.15) is 0 Å². The van der Waals surface area contributed by atoms with Crippen molar-refractivity contribution in [2.45, 2.75) is 41.0 Å². The largest absolute Gasteiger partial charge is 0.463 e. The van der Waals surface area contributed by atoms with Crippen LogP contribution in [-0.2, 0) is 16.0 Å². The summed E-state index contributed by atoms with van der Waals surface area (Å²) >= 11 is 0. The summed E-state index contributed by atoms with van der Waals surface area (Å²) in [6.07, 6.45) is 4.29. The topological polar surface area (TPSA) is 57.0 Å². The van der Waals surface area contributed by atoms with Crippen molar-refractivity contribution in [3.05, 3.63) is 93.7 Å². The van der Waals surface area contributed by atoms with E-state index in [-0.39, 0.29) is 12.4 Å². The van der Waals surface area contributed by atoms with Crippen LogP contribution in [0.15, 0.2) is 48.5 Å². The minimum Gasteiger partial charge on any atom is -0.463 e. The zero-order chi connectivity index (χ0) is 25.6. The highest BCUT2D eigenvalue weighted by Gasteiger charge is 2.22. The Morgan fingerprint density at radius 1 is 1.00 bits per heavy atom. The first-order chi connectivity index (χ1) is 17.3. The van der Waals surface area contributed by atoms with Crippen molar-refractivity contribution >= 4 is 34.4 Å². The lowest BCUT2D eigenvalue weighted by Crippen LogP contribution is -2.05. The Morgan fingerprint density at radius 2 is 1.78 bits per heavy atom. The van der Waals surface area contributed by atoms with Gasteiger partial charge in [-0.1, -0.05) is 25.1 Å². The van der Waals surface area contributed by atoms with E-state index in [1.54, 1.807) is 13.0 Å². The number of aromatic nitrogens is 3. The van der Waals surface area contributed by atoms with Crippen LogP contribution in [0.25, 0.3) is 34.1 Å². The van der Waals surface area contributed by atoms with Gasteiger partial charge >= 0.3 is 5.97 Å². The summed E-state index contributed by atoms with van der Waals surface area (Å²) < 4.78 is 21.7. The minimum absolute atomic E-state index is 0.265. The van der Waals surface area contributed by atoms with Crippen LogP contribution in [0.4, 0.5) is 4.39 Å². The molecule has 6 heteroatoms. The van der Waals surface area contributed by atoms with Crippen molar-refractivity contribution in [3.8, 4) is 5.69 Å². The van der Waals surface area contributed by atoms with Gasteiger partial charge in [0.25, 0.3) is 0 Å². The summed E-state index contributed by atoms with van der Waals surface area (Å²) in [4.78, 5) is 22.2. The maximum absolute atomic E-state index is 14.4. The number of ether oxygens (including phenoxy) is 1. The van der Waals surface area contributed by atoms with Gasteiger partial charge in [0.15, 0.2) is 5.65 Å². The smallest absolute Gasteiger partial charge is 0.331 e. The number of carbonyl (C=O) groups excluding carboxylic acids is 1. The van der Waals surface area contributed by atoms with Crippen LogP contribution >= 0.6 is 0 Å². The van der Waals surface area contributed by atoms with Gasteiger partial charge in [-0.15, -0.1) is 0 Å². The standard InChI is InChI=1S/C30H28FN3O2/c1-6-27-33-29-18(4)12-19(5)32-30(29)34(27)22-9-11-24-20(14-22)13-17(3)23-10-8-21(31)15-25(23)26(24)16-28(35)36-7-2/h8-16H,6-7H2,1-5H3. The molecule has 2 aromatic carbocycles. The molecule has 0 atom stereocenters. The van der Waals surface area contributed by atoms with Gasteiger partial charge in [0.1, 0.15) is 17.2 Å². The SMILES string of the molecule is CCOC(=O)C=C1c2ccc(-n3c(CC)nc4c(C)cc(C)nc43)cc2C=C(C)c2ccc(F)cc21. The lowest BCUT2D eigenvalue weighted by atomic mass is 9.92. The molecule has 5 nitrogen and oxygen atoms in total. The van der Waals surface area contributed by atoms with Crippen molar-refractivity contribution in [3.63, 3.8) is 0 Å². The average molecular weight is 482 g/mol. The Morgan fingerprint density at radius 3 is 2.53 bits per heavy atom. The number of esters is 1. The zero-order valence-corrected chi connectivity index (χ0v) is 21.1. The number of rotatable bonds is 4. The number of halogens is 1. The fraction of sp³-hybridized carbons (Fsp3) is 0.233. The van der Waals surface area contributed by atoms with E-state index in [0.29, 0.717) is 11.1 Å². The molecule has 0 saturated heterocycles. The Hall–Kier alpha value is -4.06. The Balaban J connectivity index is 1.77. The molecule has 0 saturated carbocycles. The molecule has 0 radical (unpaired) electrons. The highest BCUT2D eigenvalue weighted by molar-refractivity contribution is 6.03. The van der Waals surface area contributed by atoms with E-state index < -0.39 is 5.97 Å². The summed E-state index contributed by atoms with van der Waals surface area (Å²) in [7, 11) is 0. The van der Waals surface area contributed by atoms with Crippen LogP contribution in [0.1, 0.15) is 60.1 Å². The van der Waals surface area contributed by atoms with Gasteiger partial charge in [-0.05, 0) is 97.0 Å². The highest BCUT2D eigenvalue weighted by Crippen LogP contribution is 2.39. The van der Waals surface area contributed by atoms with Gasteiger partial charge in [0, 0.05) is 23.9 Å². The Kier molecular flexibility index (Phi) is 6.04. The summed E-state index contributed by atoms with van der Waals surface area (Å²) in [6, 6.07) is 12.8. The summed E-state index contributed by atoms with van der Waals surface area (Å²) in [6.45, 7) is 10.2. The van der Waals surface area contributed by atoms with E-state index in [0.717, 1.165) is 62.6 Å². The third-order valence-corrected chi connectivity index (χ3v) is 6.52. The molecule has 2 aromatic heterocycles. The second kappa shape index (κ2) is 9.19. The number of nitrogens with zero attached hydrogens (tertiary/aromatic N) is 3. The van der Waals surface area contributed by atoms with Crippen LogP contribution in [0.3, 0.4) is 0 Å². The molecule has 0 N–H and O–H groups in total. The van der Waals surface area contributed by atoms with Crippen LogP contribution < -0.4 is 0 Å². The number of carbonyl (C=O) groups is 1. The molecule has 0 aliphatic heterocycles. The molecule has 0 amide bonds. The van der Waals surface area contributed by atoms with Gasteiger partial charge in [-0.3, -0.25) is 4.57 Å². The number of hydrogen-bond donors (Lipinski definition) is 0. The number of imidazole rings is 1. The summed E-state index contributed by atoms with van der Waals surface area (Å²) in [5, 5.41) is 0. The number of aryl methyl sites for hydroxylation is 3. The zero-order valence-electron chi connectivity index (χ0n) is 21.1. The van der Waals surface area contributed by atoms with Crippen molar-refractivity contribution < 1.29 is 13.9 Å². The second-order valence-corrected chi connectivity index (χ2v) is 9.07.